The van der Waals surface area contributed by atoms with Crippen LogP contribution >= 0.6 is 0 Å². The number of carbonyl (C=O) groups excluding carboxylic acids is 1. The van der Waals surface area contributed by atoms with E-state index in [1.54, 1.807) is 25.1 Å². The maximum absolute atomic E-state index is 15.0. The van der Waals surface area contributed by atoms with E-state index in [0.29, 0.717) is 24.7 Å². The van der Waals surface area contributed by atoms with Crippen molar-refractivity contribution in [2.45, 2.75) is 101 Å². The summed E-state index contributed by atoms with van der Waals surface area (Å²) in [6.45, 7) is 5.36. The van der Waals surface area contributed by atoms with Gasteiger partial charge in [0.1, 0.15) is 5.60 Å². The lowest BCUT2D eigenvalue weighted by Gasteiger charge is -2.32. The molecule has 18 heteroatoms. The van der Waals surface area contributed by atoms with Crippen molar-refractivity contribution in [3.63, 3.8) is 0 Å². The smallest absolute Gasteiger partial charge is 0.426 e. The van der Waals surface area contributed by atoms with Crippen molar-refractivity contribution in [1.29, 1.82) is 0 Å². The average molecular weight is 711 g/mol. The Labute approximate surface area is 273 Å². The van der Waals surface area contributed by atoms with E-state index < -0.39 is 92.4 Å². The Hall–Kier alpha value is -3.77. The number of hydrogen-bond donors (Lipinski definition) is 2. The van der Waals surface area contributed by atoms with Crippen molar-refractivity contribution in [3.8, 4) is 11.6 Å². The second-order valence-electron chi connectivity index (χ2n) is 12.1. The first-order valence-electron chi connectivity index (χ1n) is 14.6. The third kappa shape index (κ3) is 10.1. The number of anilines is 1. The molecule has 1 aromatic carbocycles. The monoisotopic (exact) mass is 710 g/mol. The molecule has 0 aliphatic heterocycles. The first-order chi connectivity index (χ1) is 22.0. The van der Waals surface area contributed by atoms with Crippen molar-refractivity contribution in [3.05, 3.63) is 53.4 Å². The van der Waals surface area contributed by atoms with E-state index in [9.17, 15) is 31.5 Å². The molecular formula is C30H36F6N4O7S. The minimum absolute atomic E-state index is 0.0824. The summed E-state index contributed by atoms with van der Waals surface area (Å²) in [6.07, 6.45) is -11.8. The predicted molar refractivity (Wildman–Crippen MR) is 159 cm³/mol. The number of amides is 1. The van der Waals surface area contributed by atoms with Gasteiger partial charge in [-0.15, -0.1) is 10.2 Å². The number of rotatable bonds is 13. The lowest BCUT2D eigenvalue weighted by molar-refractivity contribution is -0.300. The highest BCUT2D eigenvalue weighted by atomic mass is 32.2. The third-order valence-electron chi connectivity index (χ3n) is 6.69. The molecule has 2 aromatic heterocycles. The summed E-state index contributed by atoms with van der Waals surface area (Å²) in [5, 5.41) is 17.2. The quantitative estimate of drug-likeness (QED) is 0.137. The van der Waals surface area contributed by atoms with Crippen LogP contribution in [0.15, 0.2) is 45.8 Å². The molecule has 0 fully saturated rings. The largest absolute Gasteiger partial charge is 0.444 e. The van der Waals surface area contributed by atoms with E-state index in [4.69, 9.17) is 13.9 Å². The van der Waals surface area contributed by atoms with E-state index in [0.717, 1.165) is 0 Å². The molecule has 0 saturated heterocycles. The van der Waals surface area contributed by atoms with Gasteiger partial charge in [-0.05, 0) is 58.6 Å². The molecule has 3 rings (SSSR count). The fraction of sp³-hybridized carbons (Fsp3) is 0.533. The number of unbranched alkanes of at least 4 members (excludes halogenated alkanes) is 2. The van der Waals surface area contributed by atoms with Crippen LogP contribution in [0.1, 0.15) is 76.8 Å². The Balaban J connectivity index is 2.21. The summed E-state index contributed by atoms with van der Waals surface area (Å²) in [7, 11) is -4.72. The Kier molecular flexibility index (Phi) is 11.9. The molecule has 48 heavy (non-hydrogen) atoms. The average Bonchev–Trinajstić information content (AvgIpc) is 3.42. The Morgan fingerprint density at radius 2 is 1.67 bits per heavy atom. The number of carbonyl (C=O) groups is 1. The zero-order chi connectivity index (χ0) is 36.1. The number of aliphatic hydroxyl groups excluding tert-OH is 1. The van der Waals surface area contributed by atoms with Crippen LogP contribution in [-0.2, 0) is 37.7 Å². The van der Waals surface area contributed by atoms with Gasteiger partial charge in [0.2, 0.25) is 5.60 Å². The molecule has 3 aromatic rings. The zero-order valence-corrected chi connectivity index (χ0v) is 27.5. The van der Waals surface area contributed by atoms with E-state index in [2.05, 4.69) is 15.2 Å². The summed E-state index contributed by atoms with van der Waals surface area (Å²) >= 11 is 0. The number of nitrogens with one attached hydrogen (secondary N) is 1. The van der Waals surface area contributed by atoms with Crippen LogP contribution in [0.2, 0.25) is 0 Å². The van der Waals surface area contributed by atoms with Gasteiger partial charge in [-0.3, -0.25) is 5.32 Å². The maximum atomic E-state index is 15.0. The highest BCUT2D eigenvalue weighted by molar-refractivity contribution is 7.90. The highest BCUT2D eigenvalue weighted by Crippen LogP contribution is 2.47. The number of aliphatic hydroxyl groups is 1. The van der Waals surface area contributed by atoms with Crippen LogP contribution in [0.5, 0.6) is 0 Å². The summed E-state index contributed by atoms with van der Waals surface area (Å²) < 4.78 is 128. The second kappa shape index (κ2) is 14.8. The molecule has 0 bridgehead atoms. The normalized spacial score (nSPS) is 14.8. The van der Waals surface area contributed by atoms with Gasteiger partial charge in [-0.2, -0.15) is 26.3 Å². The molecule has 266 valence electrons. The molecule has 2 atom stereocenters. The van der Waals surface area contributed by atoms with Crippen molar-refractivity contribution >= 4 is 21.6 Å². The van der Waals surface area contributed by atoms with Gasteiger partial charge < -0.3 is 19.0 Å². The molecule has 2 N–H and O–H groups in total. The molecule has 0 aliphatic rings. The lowest BCUT2D eigenvalue weighted by Crippen LogP contribution is -2.45. The van der Waals surface area contributed by atoms with Crippen LogP contribution in [0, 0.1) is 0 Å². The standard InChI is InChI=1S/C30H36F6N4O7S/c1-18(41)12-8-7-11-15-28(30(34,35)36,45-17-19-13-9-6-10-14-19)25-40-39-23(46-25)22-21(37-26(42)47-27(2,3)4)16-20(29(31,32)33)24(38-22)48(5,43)44/h6,9-10,13-14,16,18,41H,7-8,11-12,15,17H2,1-5H3,(H,37,42)/t18-,28-/m1/s1. The van der Waals surface area contributed by atoms with Crippen LogP contribution < -0.4 is 5.32 Å². The Bertz CT molecular complexity index is 1660. The number of hydrogen-bond acceptors (Lipinski definition) is 10. The van der Waals surface area contributed by atoms with Gasteiger partial charge in [0.05, 0.1) is 24.0 Å². The first-order valence-corrected chi connectivity index (χ1v) is 16.5. The molecular weight excluding hydrogens is 674 g/mol. The predicted octanol–water partition coefficient (Wildman–Crippen LogP) is 7.21. The maximum Gasteiger partial charge on any atom is 0.426 e. The molecule has 0 saturated carbocycles. The second-order valence-corrected chi connectivity index (χ2v) is 14.0. The third-order valence-corrected chi connectivity index (χ3v) is 7.70. The van der Waals surface area contributed by atoms with Gasteiger partial charge in [-0.25, -0.2) is 18.2 Å². The molecule has 0 unspecified atom stereocenters. The van der Waals surface area contributed by atoms with Gasteiger partial charge in [-0.1, -0.05) is 43.2 Å². The SMILES string of the molecule is C[C@@H](O)CCCCC[C@@](OCc1ccccc1)(c1nnc(-c2nc(S(C)(=O)=O)c(C(F)(F)F)cc2NC(=O)OC(C)(C)C)o1)C(F)(F)F. The molecule has 0 spiro atoms. The Morgan fingerprint density at radius 3 is 2.21 bits per heavy atom. The highest BCUT2D eigenvalue weighted by Gasteiger charge is 2.61. The van der Waals surface area contributed by atoms with Crippen LogP contribution in [-0.4, -0.2) is 58.9 Å². The summed E-state index contributed by atoms with van der Waals surface area (Å²) in [4.78, 5) is 16.1. The molecule has 11 nitrogen and oxygen atoms in total. The fourth-order valence-electron chi connectivity index (χ4n) is 4.49. The fourth-order valence-corrected chi connectivity index (χ4v) is 5.32. The van der Waals surface area contributed by atoms with E-state index in [1.807, 2.05) is 5.32 Å². The number of aromatic nitrogens is 3. The molecule has 0 radical (unpaired) electrons. The number of sulfone groups is 1. The molecule has 0 aliphatic carbocycles. The summed E-state index contributed by atoms with van der Waals surface area (Å²) in [5.74, 6) is -2.08. The van der Waals surface area contributed by atoms with Crippen LogP contribution in [0.25, 0.3) is 11.6 Å². The van der Waals surface area contributed by atoms with Crippen molar-refractivity contribution in [2.75, 3.05) is 11.6 Å². The number of nitrogens with zero attached hydrogens (tertiary/aromatic N) is 3. The van der Waals surface area contributed by atoms with Crippen molar-refractivity contribution < 1.29 is 58.6 Å². The van der Waals surface area contributed by atoms with Crippen LogP contribution in [0.3, 0.4) is 0 Å². The van der Waals surface area contributed by atoms with Crippen LogP contribution in [0.4, 0.5) is 36.8 Å². The number of pyridine rings is 1. The summed E-state index contributed by atoms with van der Waals surface area (Å²) in [5.41, 5.74) is -7.47. The number of benzene rings is 1. The van der Waals surface area contributed by atoms with Gasteiger partial charge >= 0.3 is 18.4 Å². The number of ether oxygens (including phenoxy) is 2. The van der Waals surface area contributed by atoms with Gasteiger partial charge in [0.15, 0.2) is 20.6 Å². The number of alkyl halides is 6. The van der Waals surface area contributed by atoms with E-state index in [-0.39, 0.29) is 18.9 Å². The number of halogens is 6. The van der Waals surface area contributed by atoms with E-state index in [1.165, 1.54) is 32.9 Å². The van der Waals surface area contributed by atoms with Gasteiger partial charge in [0.25, 0.3) is 11.8 Å². The lowest BCUT2D eigenvalue weighted by atomic mass is 9.94. The van der Waals surface area contributed by atoms with E-state index >= 15 is 13.2 Å². The molecule has 1 amide bonds. The summed E-state index contributed by atoms with van der Waals surface area (Å²) in [6, 6.07) is 8.11. The minimum atomic E-state index is -5.29. The van der Waals surface area contributed by atoms with Crippen molar-refractivity contribution in [1.82, 2.24) is 15.2 Å². The minimum Gasteiger partial charge on any atom is -0.444 e. The van der Waals surface area contributed by atoms with Gasteiger partial charge in [0, 0.05) is 6.26 Å². The Morgan fingerprint density at radius 1 is 1.02 bits per heavy atom. The van der Waals surface area contributed by atoms with Crippen molar-refractivity contribution in [2.24, 2.45) is 0 Å². The first kappa shape index (κ1) is 38.7. The molecule has 2 heterocycles. The zero-order valence-electron chi connectivity index (χ0n) is 26.7. The topological polar surface area (TPSA) is 154 Å².